The highest BCUT2D eigenvalue weighted by Gasteiger charge is 2.36. The molecule has 2 heterocycles. The average Bonchev–Trinajstić information content (AvgIpc) is 3.29. The Morgan fingerprint density at radius 2 is 1.72 bits per heavy atom. The van der Waals surface area contributed by atoms with Crippen LogP contribution in [0.4, 0.5) is 0 Å². The Balaban J connectivity index is 1.71. The molecule has 0 spiro atoms. The van der Waals surface area contributed by atoms with E-state index in [2.05, 4.69) is 10.2 Å². The Bertz CT molecular complexity index is 1330. The summed E-state index contributed by atoms with van der Waals surface area (Å²) in [7, 11) is -3.80. The van der Waals surface area contributed by atoms with Crippen LogP contribution < -0.4 is 5.14 Å². The zero-order chi connectivity index (χ0) is 23.2. The summed E-state index contributed by atoms with van der Waals surface area (Å²) in [6.07, 6.45) is 0.499. The lowest BCUT2D eigenvalue weighted by Crippen LogP contribution is -2.24. The smallest absolute Gasteiger partial charge is 0.240 e. The fourth-order valence-corrected chi connectivity index (χ4v) is 4.70. The Morgan fingerprint density at radius 3 is 2.28 bits per heavy atom. The van der Waals surface area contributed by atoms with E-state index in [9.17, 15) is 13.2 Å². The molecule has 32 heavy (non-hydrogen) atoms. The largest absolute Gasteiger partial charge is 0.273 e. The van der Waals surface area contributed by atoms with Gasteiger partial charge in [-0.25, -0.2) is 23.2 Å². The van der Waals surface area contributed by atoms with Gasteiger partial charge in [0.25, 0.3) is 0 Å². The van der Waals surface area contributed by atoms with Gasteiger partial charge in [0, 0.05) is 18.9 Å². The first-order valence-electron chi connectivity index (χ1n) is 9.89. The van der Waals surface area contributed by atoms with Gasteiger partial charge in [0.2, 0.25) is 15.9 Å². The van der Waals surface area contributed by atoms with E-state index in [1.165, 1.54) is 28.7 Å². The van der Waals surface area contributed by atoms with Crippen LogP contribution in [0, 0.1) is 13.8 Å². The Hall–Kier alpha value is -3.01. The number of carbonyl (C=O) groups is 1. The van der Waals surface area contributed by atoms with Gasteiger partial charge >= 0.3 is 0 Å². The van der Waals surface area contributed by atoms with Gasteiger partial charge in [-0.1, -0.05) is 41.4 Å². The van der Waals surface area contributed by atoms with Crippen molar-refractivity contribution in [2.45, 2.75) is 38.1 Å². The molecule has 10 heteroatoms. The summed E-state index contributed by atoms with van der Waals surface area (Å²) in [4.78, 5) is 12.4. The molecular weight excluding hydrogens is 450 g/mol. The normalized spacial score (nSPS) is 16.3. The van der Waals surface area contributed by atoms with E-state index in [4.69, 9.17) is 16.7 Å². The SMILES string of the molecule is CC(=O)N1N=C(c2ccc(C)cc2)CC1c1c(C)nn(-c2ccc(S(N)(=O)=O)cc2)c1Cl. The molecule has 0 aliphatic carbocycles. The van der Waals surface area contributed by atoms with E-state index in [0.29, 0.717) is 28.5 Å². The molecule has 1 unspecified atom stereocenters. The standard InChI is InChI=1S/C22H22ClN5O3S/c1-13-4-6-16(7-5-13)19-12-20(27(26-19)15(3)29)21-14(2)25-28(22(21)23)17-8-10-18(11-9-17)32(24,30)31/h4-11,20H,12H2,1-3H3,(H2,24,30,31). The molecule has 1 atom stereocenters. The van der Waals surface area contributed by atoms with Crippen LogP contribution in [-0.4, -0.2) is 34.8 Å². The maximum Gasteiger partial charge on any atom is 0.240 e. The van der Waals surface area contributed by atoms with Crippen molar-refractivity contribution in [1.82, 2.24) is 14.8 Å². The first kappa shape index (κ1) is 22.2. The summed E-state index contributed by atoms with van der Waals surface area (Å²) in [5.74, 6) is -0.196. The predicted molar refractivity (Wildman–Crippen MR) is 122 cm³/mol. The number of aryl methyl sites for hydroxylation is 2. The molecule has 8 nitrogen and oxygen atoms in total. The molecule has 0 radical (unpaired) electrons. The van der Waals surface area contributed by atoms with Crippen LogP contribution in [-0.2, 0) is 14.8 Å². The average molecular weight is 472 g/mol. The van der Waals surface area contributed by atoms with Gasteiger partial charge < -0.3 is 0 Å². The number of benzene rings is 2. The number of primary sulfonamides is 1. The van der Waals surface area contributed by atoms with Crippen molar-refractivity contribution in [3.63, 3.8) is 0 Å². The zero-order valence-corrected chi connectivity index (χ0v) is 19.4. The Labute approximate surface area is 191 Å². The number of nitrogens with zero attached hydrogens (tertiary/aromatic N) is 4. The van der Waals surface area contributed by atoms with Crippen LogP contribution in [0.2, 0.25) is 5.15 Å². The van der Waals surface area contributed by atoms with Crippen LogP contribution in [0.1, 0.15) is 41.8 Å². The third kappa shape index (κ3) is 4.06. The van der Waals surface area contributed by atoms with Gasteiger partial charge in [0.1, 0.15) is 5.15 Å². The third-order valence-corrected chi connectivity index (χ3v) is 6.70. The molecule has 0 saturated carbocycles. The number of nitrogens with two attached hydrogens (primary N) is 1. The van der Waals surface area contributed by atoms with Crippen LogP contribution in [0.15, 0.2) is 58.5 Å². The number of carbonyl (C=O) groups excluding carboxylic acids is 1. The second kappa shape index (κ2) is 8.16. The summed E-state index contributed by atoms with van der Waals surface area (Å²) in [5.41, 5.74) is 4.81. The molecule has 0 saturated heterocycles. The first-order chi connectivity index (χ1) is 15.1. The number of amides is 1. The van der Waals surface area contributed by atoms with E-state index in [-0.39, 0.29) is 10.8 Å². The van der Waals surface area contributed by atoms with E-state index in [0.717, 1.165) is 16.8 Å². The summed E-state index contributed by atoms with van der Waals surface area (Å²) in [6, 6.07) is 13.5. The van der Waals surface area contributed by atoms with Gasteiger partial charge in [0.05, 0.1) is 28.0 Å². The maximum absolute atomic E-state index is 12.4. The second-order valence-corrected chi connectivity index (χ2v) is 9.66. The monoisotopic (exact) mass is 471 g/mol. The minimum atomic E-state index is -3.80. The highest BCUT2D eigenvalue weighted by molar-refractivity contribution is 7.89. The first-order valence-corrected chi connectivity index (χ1v) is 11.8. The van der Waals surface area contributed by atoms with Gasteiger partial charge in [-0.05, 0) is 43.7 Å². The fraction of sp³-hybridized carbons (Fsp3) is 0.227. The van der Waals surface area contributed by atoms with E-state index in [1.807, 2.05) is 38.1 Å². The molecule has 2 aromatic carbocycles. The molecule has 166 valence electrons. The van der Waals surface area contributed by atoms with Crippen LogP contribution in [0.25, 0.3) is 5.69 Å². The minimum Gasteiger partial charge on any atom is -0.273 e. The topological polar surface area (TPSA) is 111 Å². The van der Waals surface area contributed by atoms with Gasteiger partial charge in [-0.3, -0.25) is 4.79 Å². The van der Waals surface area contributed by atoms with E-state index < -0.39 is 16.1 Å². The van der Waals surface area contributed by atoms with Crippen molar-refractivity contribution in [2.75, 3.05) is 0 Å². The van der Waals surface area contributed by atoms with Crippen molar-refractivity contribution >= 4 is 33.2 Å². The molecule has 1 aliphatic heterocycles. The molecule has 1 aliphatic rings. The Morgan fingerprint density at radius 1 is 1.09 bits per heavy atom. The highest BCUT2D eigenvalue weighted by Crippen LogP contribution is 2.39. The van der Waals surface area contributed by atoms with Crippen molar-refractivity contribution in [3.05, 3.63) is 76.1 Å². The molecule has 0 fully saturated rings. The number of halogens is 1. The number of hydrazone groups is 1. The van der Waals surface area contributed by atoms with Crippen molar-refractivity contribution in [2.24, 2.45) is 10.2 Å². The molecule has 0 bridgehead atoms. The van der Waals surface area contributed by atoms with Crippen molar-refractivity contribution < 1.29 is 13.2 Å². The summed E-state index contributed by atoms with van der Waals surface area (Å²) >= 11 is 6.73. The third-order valence-electron chi connectivity index (χ3n) is 5.41. The quantitative estimate of drug-likeness (QED) is 0.627. The predicted octanol–water partition coefficient (Wildman–Crippen LogP) is 3.49. The number of aromatic nitrogens is 2. The van der Waals surface area contributed by atoms with Gasteiger partial charge in [-0.15, -0.1) is 0 Å². The summed E-state index contributed by atoms with van der Waals surface area (Å²) in [6.45, 7) is 5.30. The van der Waals surface area contributed by atoms with Crippen LogP contribution in [0.5, 0.6) is 0 Å². The second-order valence-electron chi connectivity index (χ2n) is 7.74. The van der Waals surface area contributed by atoms with Crippen molar-refractivity contribution in [3.8, 4) is 5.69 Å². The van der Waals surface area contributed by atoms with Crippen molar-refractivity contribution in [1.29, 1.82) is 0 Å². The molecule has 1 amide bonds. The summed E-state index contributed by atoms with van der Waals surface area (Å²) < 4.78 is 24.6. The summed E-state index contributed by atoms with van der Waals surface area (Å²) in [5, 5.41) is 16.1. The lowest BCUT2D eigenvalue weighted by atomic mass is 9.98. The van der Waals surface area contributed by atoms with E-state index >= 15 is 0 Å². The molecule has 1 aromatic heterocycles. The minimum absolute atomic E-state index is 0.00355. The molecular formula is C22H22ClN5O3S. The van der Waals surface area contributed by atoms with Gasteiger partial charge in [-0.2, -0.15) is 10.2 Å². The highest BCUT2D eigenvalue weighted by atomic mass is 35.5. The van der Waals surface area contributed by atoms with E-state index in [1.54, 1.807) is 12.1 Å². The van der Waals surface area contributed by atoms with Crippen LogP contribution >= 0.6 is 11.6 Å². The lowest BCUT2D eigenvalue weighted by Gasteiger charge is -2.20. The Kier molecular flexibility index (Phi) is 5.66. The molecule has 3 aromatic rings. The van der Waals surface area contributed by atoms with Gasteiger partial charge in [0.15, 0.2) is 0 Å². The maximum atomic E-state index is 12.4. The fourth-order valence-electron chi connectivity index (χ4n) is 3.78. The number of hydrogen-bond acceptors (Lipinski definition) is 5. The zero-order valence-electron chi connectivity index (χ0n) is 17.8. The number of rotatable bonds is 4. The lowest BCUT2D eigenvalue weighted by molar-refractivity contribution is -0.130. The molecule has 4 rings (SSSR count). The number of sulfonamides is 1. The van der Waals surface area contributed by atoms with Crippen LogP contribution in [0.3, 0.4) is 0 Å². The number of hydrogen-bond donors (Lipinski definition) is 1. The molecule has 2 N–H and O–H groups in total.